The maximum Gasteiger partial charge on any atom is 0.243 e. The SMILES string of the molecule is COc1cc(COc2nn(Cc3ccccc3)cc2C=O)ccc1OCc1nc(-c2ccccc2)oc1C. The molecule has 0 N–H and O–H groups in total. The lowest BCUT2D eigenvalue weighted by Crippen LogP contribution is -2.03. The maximum absolute atomic E-state index is 11.6. The highest BCUT2D eigenvalue weighted by Crippen LogP contribution is 2.30. The molecule has 0 saturated carbocycles. The van der Waals surface area contributed by atoms with E-state index < -0.39 is 0 Å². The Bertz CT molecular complexity index is 1510. The van der Waals surface area contributed by atoms with Gasteiger partial charge in [-0.2, -0.15) is 0 Å². The number of carbonyl (C=O) groups excluding carboxylic acids is 1. The molecule has 3 aromatic carbocycles. The molecule has 0 atom stereocenters. The predicted octanol–water partition coefficient (Wildman–Crippen LogP) is 5.87. The Balaban J connectivity index is 1.23. The molecule has 0 radical (unpaired) electrons. The molecule has 0 aliphatic heterocycles. The molecule has 2 aromatic heterocycles. The van der Waals surface area contributed by atoms with Crippen LogP contribution in [-0.2, 0) is 19.8 Å². The largest absolute Gasteiger partial charge is 0.493 e. The number of nitrogens with zero attached hydrogens (tertiary/aromatic N) is 3. The maximum atomic E-state index is 11.6. The van der Waals surface area contributed by atoms with Crippen molar-refractivity contribution in [2.75, 3.05) is 7.11 Å². The number of aromatic nitrogens is 3. The summed E-state index contributed by atoms with van der Waals surface area (Å²) in [6.45, 7) is 2.85. The van der Waals surface area contributed by atoms with Crippen LogP contribution < -0.4 is 14.2 Å². The van der Waals surface area contributed by atoms with Gasteiger partial charge in [0.15, 0.2) is 17.8 Å². The molecule has 0 aliphatic rings. The molecule has 0 bridgehead atoms. The average Bonchev–Trinajstić information content (AvgIpc) is 3.54. The standard InChI is InChI=1S/C30H27N3O5/c1-21-26(31-29(38-21)24-11-7-4-8-12-24)20-36-27-14-13-23(15-28(27)35-2)19-37-30-25(18-34)17-33(32-30)16-22-9-5-3-6-10-22/h3-15,17-18H,16,19-20H2,1-2H3. The van der Waals surface area contributed by atoms with Gasteiger partial charge in [-0.15, -0.1) is 5.10 Å². The summed E-state index contributed by atoms with van der Waals surface area (Å²) in [6.07, 6.45) is 2.43. The minimum absolute atomic E-state index is 0.211. The van der Waals surface area contributed by atoms with Gasteiger partial charge in [0.1, 0.15) is 24.7 Å². The van der Waals surface area contributed by atoms with E-state index in [1.54, 1.807) is 18.0 Å². The minimum atomic E-state index is 0.211. The summed E-state index contributed by atoms with van der Waals surface area (Å²) >= 11 is 0. The number of ether oxygens (including phenoxy) is 3. The molecule has 192 valence electrons. The smallest absolute Gasteiger partial charge is 0.243 e. The van der Waals surface area contributed by atoms with E-state index in [-0.39, 0.29) is 19.1 Å². The number of hydrogen-bond donors (Lipinski definition) is 0. The lowest BCUT2D eigenvalue weighted by atomic mass is 10.2. The molecule has 0 amide bonds. The Morgan fingerprint density at radius 1 is 0.895 bits per heavy atom. The Morgan fingerprint density at radius 3 is 2.39 bits per heavy atom. The Morgan fingerprint density at radius 2 is 1.66 bits per heavy atom. The number of oxazole rings is 1. The number of methoxy groups -OCH3 is 1. The molecule has 8 nitrogen and oxygen atoms in total. The Labute approximate surface area is 220 Å². The van der Waals surface area contributed by atoms with E-state index in [9.17, 15) is 4.79 Å². The number of rotatable bonds is 11. The lowest BCUT2D eigenvalue weighted by Gasteiger charge is -2.12. The van der Waals surface area contributed by atoms with Gasteiger partial charge >= 0.3 is 0 Å². The summed E-state index contributed by atoms with van der Waals surface area (Å²) in [5, 5.41) is 4.44. The van der Waals surface area contributed by atoms with Crippen molar-refractivity contribution in [1.82, 2.24) is 14.8 Å². The highest BCUT2D eigenvalue weighted by atomic mass is 16.5. The van der Waals surface area contributed by atoms with Crippen molar-refractivity contribution in [2.24, 2.45) is 0 Å². The van der Waals surface area contributed by atoms with Crippen molar-refractivity contribution in [3.8, 4) is 28.8 Å². The molecule has 2 heterocycles. The number of benzene rings is 3. The topological polar surface area (TPSA) is 88.6 Å². The van der Waals surface area contributed by atoms with Crippen LogP contribution in [-0.4, -0.2) is 28.2 Å². The first kappa shape index (κ1) is 24.8. The fraction of sp³-hybridized carbons (Fsp3) is 0.167. The number of carbonyl (C=O) groups is 1. The van der Waals surface area contributed by atoms with E-state index >= 15 is 0 Å². The van der Waals surface area contributed by atoms with Crippen molar-refractivity contribution in [1.29, 1.82) is 0 Å². The Kier molecular flexibility index (Phi) is 7.49. The van der Waals surface area contributed by atoms with E-state index in [0.29, 0.717) is 41.0 Å². The summed E-state index contributed by atoms with van der Waals surface area (Å²) in [4.78, 5) is 16.1. The van der Waals surface area contributed by atoms with Crippen LogP contribution in [0.25, 0.3) is 11.5 Å². The predicted molar refractivity (Wildman–Crippen MR) is 141 cm³/mol. The summed E-state index contributed by atoms with van der Waals surface area (Å²) in [7, 11) is 1.58. The molecule has 0 saturated heterocycles. The van der Waals surface area contributed by atoms with Crippen LogP contribution in [0, 0.1) is 6.92 Å². The second kappa shape index (κ2) is 11.5. The van der Waals surface area contributed by atoms with Crippen LogP contribution in [0.15, 0.2) is 89.5 Å². The summed E-state index contributed by atoms with van der Waals surface area (Å²) < 4.78 is 25.0. The first-order valence-electron chi connectivity index (χ1n) is 12.1. The second-order valence-corrected chi connectivity index (χ2v) is 8.64. The molecular formula is C30H27N3O5. The zero-order valence-corrected chi connectivity index (χ0v) is 21.2. The van der Waals surface area contributed by atoms with Crippen molar-refractivity contribution in [3.05, 3.63) is 113 Å². The molecular weight excluding hydrogens is 482 g/mol. The quantitative estimate of drug-likeness (QED) is 0.206. The molecule has 0 unspecified atom stereocenters. The lowest BCUT2D eigenvalue weighted by molar-refractivity contribution is 0.111. The number of aryl methyl sites for hydroxylation is 1. The summed E-state index contributed by atoms with van der Waals surface area (Å²) in [5.41, 5.74) is 3.94. The van der Waals surface area contributed by atoms with Crippen molar-refractivity contribution in [3.63, 3.8) is 0 Å². The van der Waals surface area contributed by atoms with Gasteiger partial charge in [0.2, 0.25) is 11.8 Å². The van der Waals surface area contributed by atoms with E-state index in [4.69, 9.17) is 18.6 Å². The molecule has 5 aromatic rings. The zero-order valence-electron chi connectivity index (χ0n) is 21.2. The van der Waals surface area contributed by atoms with Gasteiger partial charge in [0.25, 0.3) is 0 Å². The van der Waals surface area contributed by atoms with Gasteiger partial charge < -0.3 is 18.6 Å². The third-order valence-electron chi connectivity index (χ3n) is 5.95. The summed E-state index contributed by atoms with van der Waals surface area (Å²) in [5.74, 6) is 2.67. The van der Waals surface area contributed by atoms with E-state index in [0.717, 1.165) is 23.0 Å². The number of aldehydes is 1. The van der Waals surface area contributed by atoms with Crippen molar-refractivity contribution >= 4 is 6.29 Å². The van der Waals surface area contributed by atoms with Crippen molar-refractivity contribution in [2.45, 2.75) is 26.7 Å². The fourth-order valence-electron chi connectivity index (χ4n) is 3.95. The molecule has 0 spiro atoms. The normalized spacial score (nSPS) is 10.8. The van der Waals surface area contributed by atoms with Crippen LogP contribution in [0.2, 0.25) is 0 Å². The highest BCUT2D eigenvalue weighted by Gasteiger charge is 2.15. The van der Waals surface area contributed by atoms with Gasteiger partial charge in [0, 0.05) is 11.8 Å². The average molecular weight is 510 g/mol. The Hall–Kier alpha value is -4.85. The molecule has 0 fully saturated rings. The van der Waals surface area contributed by atoms with Crippen LogP contribution in [0.1, 0.15) is 32.9 Å². The third-order valence-corrected chi connectivity index (χ3v) is 5.95. The first-order valence-corrected chi connectivity index (χ1v) is 12.1. The van der Waals surface area contributed by atoms with Gasteiger partial charge in [-0.25, -0.2) is 4.98 Å². The summed E-state index contributed by atoms with van der Waals surface area (Å²) in [6, 6.07) is 25.2. The second-order valence-electron chi connectivity index (χ2n) is 8.64. The van der Waals surface area contributed by atoms with E-state index in [1.165, 1.54) is 0 Å². The van der Waals surface area contributed by atoms with Crippen LogP contribution >= 0.6 is 0 Å². The number of hydrogen-bond acceptors (Lipinski definition) is 7. The van der Waals surface area contributed by atoms with Crippen LogP contribution in [0.5, 0.6) is 17.4 Å². The van der Waals surface area contributed by atoms with Gasteiger partial charge in [-0.1, -0.05) is 54.6 Å². The molecule has 8 heteroatoms. The minimum Gasteiger partial charge on any atom is -0.493 e. The highest BCUT2D eigenvalue weighted by molar-refractivity contribution is 5.77. The van der Waals surface area contributed by atoms with E-state index in [2.05, 4.69) is 10.1 Å². The zero-order chi connectivity index (χ0) is 26.3. The molecule has 38 heavy (non-hydrogen) atoms. The van der Waals surface area contributed by atoms with Gasteiger partial charge in [-0.3, -0.25) is 9.48 Å². The van der Waals surface area contributed by atoms with Gasteiger partial charge in [-0.05, 0) is 42.3 Å². The molecule has 5 rings (SSSR count). The first-order chi connectivity index (χ1) is 18.6. The third kappa shape index (κ3) is 5.75. The molecule has 0 aliphatic carbocycles. The monoisotopic (exact) mass is 509 g/mol. The van der Waals surface area contributed by atoms with Gasteiger partial charge in [0.05, 0.1) is 19.2 Å². The fourth-order valence-corrected chi connectivity index (χ4v) is 3.95. The van der Waals surface area contributed by atoms with Crippen LogP contribution in [0.4, 0.5) is 0 Å². The van der Waals surface area contributed by atoms with E-state index in [1.807, 2.05) is 85.8 Å². The van der Waals surface area contributed by atoms with Crippen molar-refractivity contribution < 1.29 is 23.4 Å². The van der Waals surface area contributed by atoms with Crippen LogP contribution in [0.3, 0.4) is 0 Å².